The molecule has 0 atom stereocenters. The number of carbonyl (C=O) groups excluding carboxylic acids is 1. The molecule has 1 amide bonds. The normalized spacial score (nSPS) is 10.0. The third-order valence-corrected chi connectivity index (χ3v) is 4.27. The molecule has 0 radical (unpaired) electrons. The van der Waals surface area contributed by atoms with Crippen molar-refractivity contribution in [3.63, 3.8) is 0 Å². The minimum absolute atomic E-state index is 0.0289. The van der Waals surface area contributed by atoms with Gasteiger partial charge in [-0.2, -0.15) is 5.26 Å². The summed E-state index contributed by atoms with van der Waals surface area (Å²) in [5, 5.41) is 8.73. The molecule has 2 aromatic rings. The first-order valence-electron chi connectivity index (χ1n) is 6.77. The van der Waals surface area contributed by atoms with E-state index in [-0.39, 0.29) is 12.5 Å². The van der Waals surface area contributed by atoms with Gasteiger partial charge < -0.3 is 9.64 Å². The summed E-state index contributed by atoms with van der Waals surface area (Å²) in [6, 6.07) is 12.5. The number of rotatable bonds is 6. The SMILES string of the molecule is CCN(Cc1ccc(Cl)s1)C(=O)COc1ccc(C#N)cc1. The quantitative estimate of drug-likeness (QED) is 0.809. The number of amides is 1. The van der Waals surface area contributed by atoms with Gasteiger partial charge in [-0.1, -0.05) is 11.6 Å². The van der Waals surface area contributed by atoms with Gasteiger partial charge >= 0.3 is 0 Å². The average molecular weight is 335 g/mol. The van der Waals surface area contributed by atoms with E-state index in [0.29, 0.717) is 28.7 Å². The highest BCUT2D eigenvalue weighted by atomic mass is 35.5. The summed E-state index contributed by atoms with van der Waals surface area (Å²) in [5.74, 6) is 0.485. The summed E-state index contributed by atoms with van der Waals surface area (Å²) in [7, 11) is 0. The van der Waals surface area contributed by atoms with Gasteiger partial charge in [0, 0.05) is 11.4 Å². The van der Waals surface area contributed by atoms with Crippen LogP contribution >= 0.6 is 22.9 Å². The monoisotopic (exact) mass is 334 g/mol. The Kier molecular flexibility index (Phi) is 5.82. The molecule has 114 valence electrons. The zero-order chi connectivity index (χ0) is 15.9. The lowest BCUT2D eigenvalue weighted by molar-refractivity contribution is -0.133. The van der Waals surface area contributed by atoms with E-state index in [1.54, 1.807) is 29.2 Å². The number of likely N-dealkylation sites (N-methyl/N-ethyl adjacent to an activating group) is 1. The Morgan fingerprint density at radius 2 is 2.05 bits per heavy atom. The largest absolute Gasteiger partial charge is 0.484 e. The Labute approximate surface area is 138 Å². The van der Waals surface area contributed by atoms with Crippen molar-refractivity contribution < 1.29 is 9.53 Å². The molecule has 0 aliphatic carbocycles. The molecule has 0 aliphatic heterocycles. The van der Waals surface area contributed by atoms with Gasteiger partial charge in [-0.3, -0.25) is 4.79 Å². The van der Waals surface area contributed by atoms with Gasteiger partial charge in [0.2, 0.25) is 0 Å². The highest BCUT2D eigenvalue weighted by molar-refractivity contribution is 7.16. The van der Waals surface area contributed by atoms with Gasteiger partial charge in [-0.15, -0.1) is 11.3 Å². The van der Waals surface area contributed by atoms with Crippen LogP contribution in [0.3, 0.4) is 0 Å². The van der Waals surface area contributed by atoms with Crippen LogP contribution in [0.25, 0.3) is 0 Å². The summed E-state index contributed by atoms with van der Waals surface area (Å²) in [6.45, 7) is 3.03. The fourth-order valence-electron chi connectivity index (χ4n) is 1.86. The molecule has 0 aliphatic rings. The van der Waals surface area contributed by atoms with Crippen LogP contribution in [0.2, 0.25) is 4.34 Å². The molecule has 22 heavy (non-hydrogen) atoms. The molecule has 4 nitrogen and oxygen atoms in total. The molecule has 0 spiro atoms. The number of ether oxygens (including phenoxy) is 1. The molecule has 0 saturated carbocycles. The van der Waals surface area contributed by atoms with Crippen molar-refractivity contribution >= 4 is 28.8 Å². The molecule has 0 fully saturated rings. The second-order valence-corrected chi connectivity index (χ2v) is 6.34. The van der Waals surface area contributed by atoms with Gasteiger partial charge in [0.1, 0.15) is 5.75 Å². The van der Waals surface area contributed by atoms with Crippen LogP contribution in [0, 0.1) is 11.3 Å². The Bertz CT molecular complexity index is 676. The molecule has 1 heterocycles. The van der Waals surface area contributed by atoms with Crippen molar-refractivity contribution in [3.05, 3.63) is 51.2 Å². The number of nitriles is 1. The number of hydrogen-bond donors (Lipinski definition) is 0. The number of carbonyl (C=O) groups is 1. The number of hydrogen-bond acceptors (Lipinski definition) is 4. The molecule has 6 heteroatoms. The zero-order valence-electron chi connectivity index (χ0n) is 12.1. The minimum atomic E-state index is -0.0867. The molecular weight excluding hydrogens is 320 g/mol. The minimum Gasteiger partial charge on any atom is -0.484 e. The van der Waals surface area contributed by atoms with Crippen molar-refractivity contribution in [1.82, 2.24) is 4.90 Å². The Morgan fingerprint density at radius 3 is 2.59 bits per heavy atom. The van der Waals surface area contributed by atoms with Crippen LogP contribution < -0.4 is 4.74 Å². The third-order valence-electron chi connectivity index (χ3n) is 3.06. The Balaban J connectivity index is 1.90. The molecule has 2 rings (SSSR count). The second kappa shape index (κ2) is 7.83. The summed E-state index contributed by atoms with van der Waals surface area (Å²) in [4.78, 5) is 15.0. The van der Waals surface area contributed by atoms with E-state index in [0.717, 1.165) is 4.88 Å². The van der Waals surface area contributed by atoms with E-state index in [1.807, 2.05) is 25.1 Å². The number of nitrogens with zero attached hydrogens (tertiary/aromatic N) is 2. The Morgan fingerprint density at radius 1 is 1.32 bits per heavy atom. The first-order chi connectivity index (χ1) is 10.6. The van der Waals surface area contributed by atoms with Crippen LogP contribution in [-0.2, 0) is 11.3 Å². The van der Waals surface area contributed by atoms with Gasteiger partial charge in [-0.25, -0.2) is 0 Å². The van der Waals surface area contributed by atoms with Crippen molar-refractivity contribution in [1.29, 1.82) is 5.26 Å². The second-order valence-electron chi connectivity index (χ2n) is 4.54. The van der Waals surface area contributed by atoms with Crippen LogP contribution in [0.5, 0.6) is 5.75 Å². The molecule has 1 aromatic carbocycles. The summed E-state index contributed by atoms with van der Waals surface area (Å²) >= 11 is 7.37. The first-order valence-corrected chi connectivity index (χ1v) is 7.96. The highest BCUT2D eigenvalue weighted by Crippen LogP contribution is 2.22. The fraction of sp³-hybridized carbons (Fsp3) is 0.250. The maximum Gasteiger partial charge on any atom is 0.260 e. The maximum absolute atomic E-state index is 12.2. The van der Waals surface area contributed by atoms with Crippen LogP contribution in [0.15, 0.2) is 36.4 Å². The lowest BCUT2D eigenvalue weighted by atomic mass is 10.2. The van der Waals surface area contributed by atoms with Gasteiger partial charge in [0.05, 0.1) is 22.5 Å². The highest BCUT2D eigenvalue weighted by Gasteiger charge is 2.14. The topological polar surface area (TPSA) is 53.3 Å². The van der Waals surface area contributed by atoms with E-state index in [2.05, 4.69) is 0 Å². The number of benzene rings is 1. The molecule has 1 aromatic heterocycles. The summed E-state index contributed by atoms with van der Waals surface area (Å²) < 4.78 is 6.18. The number of halogens is 1. The number of thiophene rings is 1. The average Bonchev–Trinajstić information content (AvgIpc) is 2.96. The van der Waals surface area contributed by atoms with Crippen molar-refractivity contribution in [3.8, 4) is 11.8 Å². The summed E-state index contributed by atoms with van der Waals surface area (Å²) in [5.41, 5.74) is 0.559. The smallest absolute Gasteiger partial charge is 0.260 e. The van der Waals surface area contributed by atoms with E-state index in [9.17, 15) is 4.79 Å². The predicted octanol–water partition coefficient (Wildman–Crippen LogP) is 3.70. The molecule has 0 bridgehead atoms. The maximum atomic E-state index is 12.2. The first kappa shape index (κ1) is 16.3. The Hall–Kier alpha value is -2.03. The van der Waals surface area contributed by atoms with Gasteiger partial charge in [-0.05, 0) is 43.3 Å². The zero-order valence-corrected chi connectivity index (χ0v) is 13.7. The van der Waals surface area contributed by atoms with Crippen LogP contribution in [0.4, 0.5) is 0 Å². The summed E-state index contributed by atoms with van der Waals surface area (Å²) in [6.07, 6.45) is 0. The van der Waals surface area contributed by atoms with Crippen LogP contribution in [-0.4, -0.2) is 24.0 Å². The predicted molar refractivity (Wildman–Crippen MR) is 87.1 cm³/mol. The third kappa shape index (κ3) is 4.48. The standard InChI is InChI=1S/C16H15ClN2O2S/c1-2-19(10-14-7-8-15(17)22-14)16(20)11-21-13-5-3-12(9-18)4-6-13/h3-8H,2,10-11H2,1H3. The lowest BCUT2D eigenvalue weighted by Gasteiger charge is -2.20. The lowest BCUT2D eigenvalue weighted by Crippen LogP contribution is -2.34. The molecule has 0 N–H and O–H groups in total. The van der Waals surface area contributed by atoms with Crippen molar-refractivity contribution in [2.75, 3.05) is 13.2 Å². The molecular formula is C16H15ClN2O2S. The molecule has 0 unspecified atom stereocenters. The van der Waals surface area contributed by atoms with E-state index in [1.165, 1.54) is 11.3 Å². The van der Waals surface area contributed by atoms with E-state index in [4.69, 9.17) is 21.6 Å². The van der Waals surface area contributed by atoms with Crippen molar-refractivity contribution in [2.45, 2.75) is 13.5 Å². The van der Waals surface area contributed by atoms with E-state index < -0.39 is 0 Å². The van der Waals surface area contributed by atoms with Gasteiger partial charge in [0.15, 0.2) is 6.61 Å². The van der Waals surface area contributed by atoms with Gasteiger partial charge in [0.25, 0.3) is 5.91 Å². The van der Waals surface area contributed by atoms with Crippen molar-refractivity contribution in [2.24, 2.45) is 0 Å². The van der Waals surface area contributed by atoms with E-state index >= 15 is 0 Å². The van der Waals surface area contributed by atoms with Crippen LogP contribution in [0.1, 0.15) is 17.4 Å². The molecule has 0 saturated heterocycles. The fourth-order valence-corrected chi connectivity index (χ4v) is 2.97.